The van der Waals surface area contributed by atoms with Gasteiger partial charge in [0.2, 0.25) is 27.6 Å². The number of anilines is 1. The number of sulfonamides is 1. The van der Waals surface area contributed by atoms with E-state index in [1.807, 2.05) is 17.5 Å². The number of nitrogens with zero attached hydrogens (tertiary/aromatic N) is 3. The van der Waals surface area contributed by atoms with E-state index in [0.717, 1.165) is 17.7 Å². The Hall–Kier alpha value is -2.27. The molecule has 0 bridgehead atoms. The monoisotopic (exact) mass is 480 g/mol. The molecule has 31 heavy (non-hydrogen) atoms. The van der Waals surface area contributed by atoms with Crippen LogP contribution in [0.25, 0.3) is 10.7 Å². The van der Waals surface area contributed by atoms with Crippen molar-refractivity contribution in [2.75, 3.05) is 18.4 Å². The smallest absolute Gasteiger partial charge is 0.244 e. The molecule has 4 rings (SSSR count). The molecule has 8 nitrogen and oxygen atoms in total. The summed E-state index contributed by atoms with van der Waals surface area (Å²) in [6.45, 7) is 0.970. The van der Waals surface area contributed by atoms with E-state index < -0.39 is 10.0 Å². The molecule has 0 radical (unpaired) electrons. The predicted octanol–water partition coefficient (Wildman–Crippen LogP) is 4.20. The molecule has 0 saturated carbocycles. The van der Waals surface area contributed by atoms with Crippen molar-refractivity contribution in [3.8, 4) is 10.7 Å². The normalized spacial score (nSPS) is 14.7. The number of benzene rings is 1. The highest BCUT2D eigenvalue weighted by molar-refractivity contribution is 7.89. The molecule has 0 spiro atoms. The van der Waals surface area contributed by atoms with Crippen LogP contribution in [0.1, 0.15) is 31.6 Å². The maximum atomic E-state index is 12.8. The maximum Gasteiger partial charge on any atom is 0.244 e. The number of carbonyl (C=O) groups excluding carboxylic acids is 1. The number of rotatable bonds is 8. The second-order valence-corrected chi connectivity index (χ2v) is 10.4. The van der Waals surface area contributed by atoms with Crippen molar-refractivity contribution in [2.24, 2.45) is 0 Å². The van der Waals surface area contributed by atoms with E-state index in [9.17, 15) is 13.2 Å². The topological polar surface area (TPSA) is 105 Å². The van der Waals surface area contributed by atoms with Crippen LogP contribution < -0.4 is 5.32 Å². The second kappa shape index (κ2) is 9.47. The molecule has 1 fully saturated rings. The average molecular weight is 481 g/mol. The molecule has 0 aliphatic carbocycles. The van der Waals surface area contributed by atoms with Gasteiger partial charge in [-0.05, 0) is 48.9 Å². The van der Waals surface area contributed by atoms with Crippen LogP contribution in [0.3, 0.4) is 0 Å². The Kier molecular flexibility index (Phi) is 6.71. The Morgan fingerprint density at radius 3 is 2.81 bits per heavy atom. The lowest BCUT2D eigenvalue weighted by molar-refractivity contribution is -0.116. The largest absolute Gasteiger partial charge is 0.339 e. The highest BCUT2D eigenvalue weighted by Gasteiger charge is 2.29. The molecule has 0 atom stereocenters. The van der Waals surface area contributed by atoms with Crippen LogP contribution in [0, 0.1) is 0 Å². The SMILES string of the molecule is O=C(CCCc1nc(-c2cccs2)no1)Nc1ccc(Cl)c(S(=O)(=O)N2CCCC2)c1. The van der Waals surface area contributed by atoms with Crippen molar-refractivity contribution in [1.29, 1.82) is 0 Å². The first-order valence-corrected chi connectivity index (χ1v) is 12.6. The minimum atomic E-state index is -3.67. The van der Waals surface area contributed by atoms with Gasteiger partial charge >= 0.3 is 0 Å². The number of hydrogen-bond donors (Lipinski definition) is 1. The van der Waals surface area contributed by atoms with E-state index in [2.05, 4.69) is 15.5 Å². The van der Waals surface area contributed by atoms with Crippen molar-refractivity contribution in [3.05, 3.63) is 46.6 Å². The first-order valence-electron chi connectivity index (χ1n) is 9.89. The molecule has 1 N–H and O–H groups in total. The predicted molar refractivity (Wildman–Crippen MR) is 119 cm³/mol. The summed E-state index contributed by atoms with van der Waals surface area (Å²) >= 11 is 7.67. The van der Waals surface area contributed by atoms with Crippen LogP contribution >= 0.6 is 22.9 Å². The van der Waals surface area contributed by atoms with Crippen molar-refractivity contribution < 1.29 is 17.7 Å². The molecule has 11 heteroatoms. The third-order valence-corrected chi connectivity index (χ3v) is 8.15. The van der Waals surface area contributed by atoms with E-state index in [0.29, 0.717) is 43.3 Å². The molecular weight excluding hydrogens is 460 g/mol. The number of aryl methyl sites for hydroxylation is 1. The van der Waals surface area contributed by atoms with Crippen LogP contribution in [0.4, 0.5) is 5.69 Å². The van der Waals surface area contributed by atoms with Crippen molar-refractivity contribution in [3.63, 3.8) is 0 Å². The van der Waals surface area contributed by atoms with Crippen LogP contribution in [-0.2, 0) is 21.2 Å². The van der Waals surface area contributed by atoms with E-state index in [-0.39, 0.29) is 22.2 Å². The second-order valence-electron chi connectivity index (χ2n) is 7.15. The van der Waals surface area contributed by atoms with Gasteiger partial charge in [-0.3, -0.25) is 4.79 Å². The number of hydrogen-bond acceptors (Lipinski definition) is 7. The van der Waals surface area contributed by atoms with E-state index in [1.54, 1.807) is 6.07 Å². The molecule has 1 aromatic carbocycles. The summed E-state index contributed by atoms with van der Waals surface area (Å²) in [6, 6.07) is 8.33. The van der Waals surface area contributed by atoms with E-state index in [4.69, 9.17) is 16.1 Å². The molecule has 3 heterocycles. The van der Waals surface area contributed by atoms with Crippen molar-refractivity contribution in [2.45, 2.75) is 37.0 Å². The first-order chi connectivity index (χ1) is 14.9. The summed E-state index contributed by atoms with van der Waals surface area (Å²) in [6.07, 6.45) is 2.89. The molecule has 1 saturated heterocycles. The molecule has 1 amide bonds. The van der Waals surface area contributed by atoms with Crippen molar-refractivity contribution >= 4 is 44.6 Å². The molecule has 1 aliphatic heterocycles. The molecule has 164 valence electrons. The lowest BCUT2D eigenvalue weighted by Gasteiger charge is -2.17. The average Bonchev–Trinajstić information content (AvgIpc) is 3.51. The molecular formula is C20H21ClN4O4S2. The summed E-state index contributed by atoms with van der Waals surface area (Å²) < 4.78 is 32.3. The van der Waals surface area contributed by atoms with Gasteiger partial charge in [0.15, 0.2) is 0 Å². The third-order valence-electron chi connectivity index (χ3n) is 4.90. The highest BCUT2D eigenvalue weighted by atomic mass is 35.5. The van der Waals surface area contributed by atoms with Gasteiger partial charge in [0.05, 0.1) is 9.90 Å². The van der Waals surface area contributed by atoms with Crippen LogP contribution in [0.5, 0.6) is 0 Å². The van der Waals surface area contributed by atoms with Gasteiger partial charge in [0.25, 0.3) is 0 Å². The Bertz CT molecular complexity index is 1160. The maximum absolute atomic E-state index is 12.8. The number of amides is 1. The van der Waals surface area contributed by atoms with Crippen LogP contribution in [-0.4, -0.2) is 41.9 Å². The summed E-state index contributed by atoms with van der Waals surface area (Å²) in [5.41, 5.74) is 0.393. The number of carbonyl (C=O) groups is 1. The molecule has 3 aromatic rings. The van der Waals surface area contributed by atoms with Crippen LogP contribution in [0.15, 0.2) is 45.1 Å². The van der Waals surface area contributed by atoms with Gasteiger partial charge in [-0.15, -0.1) is 11.3 Å². The Morgan fingerprint density at radius 1 is 1.26 bits per heavy atom. The minimum absolute atomic E-state index is 0.0147. The summed E-state index contributed by atoms with van der Waals surface area (Å²) in [7, 11) is -3.67. The van der Waals surface area contributed by atoms with Gasteiger partial charge in [0.1, 0.15) is 4.90 Å². The van der Waals surface area contributed by atoms with E-state index >= 15 is 0 Å². The zero-order valence-corrected chi connectivity index (χ0v) is 19.0. The number of thiophene rings is 1. The summed E-state index contributed by atoms with van der Waals surface area (Å²) in [5, 5.41) is 8.77. The third kappa shape index (κ3) is 5.15. The summed E-state index contributed by atoms with van der Waals surface area (Å²) in [4.78, 5) is 17.6. The Labute approximate surface area is 189 Å². The van der Waals surface area contributed by atoms with Gasteiger partial charge in [-0.2, -0.15) is 9.29 Å². The quantitative estimate of drug-likeness (QED) is 0.518. The Balaban J connectivity index is 1.33. The fourth-order valence-corrected chi connectivity index (χ4v) is 6.00. The number of aromatic nitrogens is 2. The summed E-state index contributed by atoms with van der Waals surface area (Å²) in [5.74, 6) is 0.786. The number of nitrogens with one attached hydrogen (secondary N) is 1. The highest BCUT2D eigenvalue weighted by Crippen LogP contribution is 2.29. The van der Waals surface area contributed by atoms with Gasteiger partial charge in [0, 0.05) is 31.6 Å². The molecule has 2 aromatic heterocycles. The van der Waals surface area contributed by atoms with Crippen molar-refractivity contribution in [1.82, 2.24) is 14.4 Å². The zero-order valence-electron chi connectivity index (χ0n) is 16.6. The molecule has 1 aliphatic rings. The first kappa shape index (κ1) is 21.9. The van der Waals surface area contributed by atoms with Gasteiger partial charge < -0.3 is 9.84 Å². The lowest BCUT2D eigenvalue weighted by atomic mass is 10.2. The van der Waals surface area contributed by atoms with E-state index in [1.165, 1.54) is 27.8 Å². The molecule has 0 unspecified atom stereocenters. The lowest BCUT2D eigenvalue weighted by Crippen LogP contribution is -2.28. The van der Waals surface area contributed by atoms with Crippen LogP contribution in [0.2, 0.25) is 5.02 Å². The fraction of sp³-hybridized carbons (Fsp3) is 0.350. The number of halogens is 1. The minimum Gasteiger partial charge on any atom is -0.339 e. The fourth-order valence-electron chi connectivity index (χ4n) is 3.33. The van der Waals surface area contributed by atoms with Gasteiger partial charge in [-0.25, -0.2) is 8.42 Å². The Morgan fingerprint density at radius 2 is 2.06 bits per heavy atom. The van der Waals surface area contributed by atoms with Gasteiger partial charge in [-0.1, -0.05) is 22.8 Å². The zero-order chi connectivity index (χ0) is 21.8. The standard InChI is InChI=1S/C20H21ClN4O4S2/c21-15-9-8-14(13-17(15)31(27,28)25-10-1-2-11-25)22-18(26)6-3-7-19-23-20(24-29-19)16-5-4-12-30-16/h4-5,8-9,12-13H,1-3,6-7,10-11H2,(H,22,26).